The van der Waals surface area contributed by atoms with Crippen molar-refractivity contribution in [1.82, 2.24) is 0 Å². The number of hydrogen-bond acceptors (Lipinski definition) is 1. The average Bonchev–Trinajstić information content (AvgIpc) is 2.81. The fourth-order valence-corrected chi connectivity index (χ4v) is 1.65. The Balaban J connectivity index is 0.00000112. The highest BCUT2D eigenvalue weighted by atomic mass is 35.5. The van der Waals surface area contributed by atoms with Gasteiger partial charge in [-0.1, -0.05) is 18.2 Å². The molecule has 2 N–H and O–H groups in total. The Morgan fingerprint density at radius 3 is 2.20 bits per heavy atom. The Labute approximate surface area is 91.9 Å². The van der Waals surface area contributed by atoms with Gasteiger partial charge in [-0.25, -0.2) is 0 Å². The van der Waals surface area contributed by atoms with Gasteiger partial charge < -0.3 is 5.73 Å². The molecule has 1 aromatic carbocycles. The minimum Gasteiger partial charge on any atom is -0.327 e. The van der Waals surface area contributed by atoms with E-state index >= 15 is 0 Å². The van der Waals surface area contributed by atoms with Crippen LogP contribution in [0.3, 0.4) is 0 Å². The Kier molecular flexibility index (Phi) is 3.31. The van der Waals surface area contributed by atoms with Crippen molar-refractivity contribution in [2.75, 3.05) is 0 Å². The van der Waals surface area contributed by atoms with Crippen LogP contribution in [0.15, 0.2) is 24.3 Å². The first-order valence-corrected chi connectivity index (χ1v) is 4.42. The van der Waals surface area contributed by atoms with Gasteiger partial charge in [0.1, 0.15) is 0 Å². The molecule has 1 aliphatic carbocycles. The molecular weight excluding hydrogens is 227 g/mol. The van der Waals surface area contributed by atoms with E-state index in [2.05, 4.69) is 0 Å². The van der Waals surface area contributed by atoms with Gasteiger partial charge in [-0.3, -0.25) is 0 Å². The predicted molar refractivity (Wildman–Crippen MR) is 54.0 cm³/mol. The molecule has 15 heavy (non-hydrogen) atoms. The fraction of sp³-hybridized carbons (Fsp3) is 0.400. The Bertz CT molecular complexity index is 351. The number of halogens is 4. The van der Waals surface area contributed by atoms with Crippen LogP contribution in [0.2, 0.25) is 0 Å². The zero-order valence-electron chi connectivity index (χ0n) is 7.79. The first-order valence-electron chi connectivity index (χ1n) is 4.42. The van der Waals surface area contributed by atoms with Crippen LogP contribution in [0, 0.1) is 0 Å². The molecule has 0 heterocycles. The molecule has 0 spiro atoms. The molecule has 0 bridgehead atoms. The smallest absolute Gasteiger partial charge is 0.327 e. The topological polar surface area (TPSA) is 26.0 Å². The molecule has 0 radical (unpaired) electrons. The maximum atomic E-state index is 12.5. The molecule has 0 aromatic heterocycles. The third-order valence-electron chi connectivity index (χ3n) is 2.51. The summed E-state index contributed by atoms with van der Waals surface area (Å²) in [6.45, 7) is 0. The van der Waals surface area contributed by atoms with E-state index in [0.29, 0.717) is 12.0 Å². The van der Waals surface area contributed by atoms with Crippen LogP contribution in [0.4, 0.5) is 13.2 Å². The lowest BCUT2D eigenvalue weighted by Gasteiger charge is -2.11. The van der Waals surface area contributed by atoms with Crippen molar-refractivity contribution in [1.29, 1.82) is 0 Å². The second-order valence-electron chi connectivity index (χ2n) is 3.59. The summed E-state index contributed by atoms with van der Waals surface area (Å²) in [4.78, 5) is 0. The third kappa shape index (κ3) is 2.44. The van der Waals surface area contributed by atoms with Gasteiger partial charge in [0.25, 0.3) is 0 Å². The number of hydrogen-bond donors (Lipinski definition) is 1. The summed E-state index contributed by atoms with van der Waals surface area (Å²) < 4.78 is 37.6. The highest BCUT2D eigenvalue weighted by Crippen LogP contribution is 2.44. The van der Waals surface area contributed by atoms with E-state index in [9.17, 15) is 13.2 Å². The molecule has 0 unspecified atom stereocenters. The monoisotopic (exact) mass is 237 g/mol. The van der Waals surface area contributed by atoms with E-state index in [1.54, 1.807) is 6.07 Å². The largest absolute Gasteiger partial charge is 0.416 e. The van der Waals surface area contributed by atoms with E-state index in [1.165, 1.54) is 12.1 Å². The van der Waals surface area contributed by atoms with Gasteiger partial charge in [-0.05, 0) is 18.1 Å². The molecule has 1 aliphatic rings. The minimum atomic E-state index is -4.26. The van der Waals surface area contributed by atoms with Crippen LogP contribution in [0.1, 0.15) is 23.5 Å². The first kappa shape index (κ1) is 12.3. The minimum absolute atomic E-state index is 0. The van der Waals surface area contributed by atoms with Gasteiger partial charge in [-0.2, -0.15) is 13.2 Å². The molecule has 84 valence electrons. The highest BCUT2D eigenvalue weighted by molar-refractivity contribution is 5.85. The predicted octanol–water partition coefficient (Wildman–Crippen LogP) is 2.94. The molecule has 0 amide bonds. The van der Waals surface area contributed by atoms with E-state index in [1.807, 2.05) is 0 Å². The molecule has 5 heteroatoms. The second-order valence-corrected chi connectivity index (χ2v) is 3.59. The lowest BCUT2D eigenvalue weighted by molar-refractivity contribution is -0.138. The van der Waals surface area contributed by atoms with Crippen LogP contribution in [0.25, 0.3) is 0 Å². The molecule has 2 atom stereocenters. The van der Waals surface area contributed by atoms with Gasteiger partial charge in [0, 0.05) is 12.0 Å². The maximum Gasteiger partial charge on any atom is 0.416 e. The maximum absolute atomic E-state index is 12.5. The van der Waals surface area contributed by atoms with E-state index < -0.39 is 11.7 Å². The van der Waals surface area contributed by atoms with Crippen molar-refractivity contribution in [2.45, 2.75) is 24.6 Å². The van der Waals surface area contributed by atoms with Crippen LogP contribution >= 0.6 is 12.4 Å². The molecule has 1 nitrogen and oxygen atoms in total. The quantitative estimate of drug-likeness (QED) is 0.799. The van der Waals surface area contributed by atoms with Gasteiger partial charge in [0.15, 0.2) is 0 Å². The van der Waals surface area contributed by atoms with Gasteiger partial charge >= 0.3 is 6.18 Å². The SMILES string of the molecule is Cl.N[C@@H]1C[C@H]1c1ccccc1C(F)(F)F. The number of benzene rings is 1. The first-order chi connectivity index (χ1) is 6.50. The molecule has 1 aromatic rings. The van der Waals surface area contributed by atoms with Crippen molar-refractivity contribution in [2.24, 2.45) is 5.73 Å². The summed E-state index contributed by atoms with van der Waals surface area (Å²) in [5.74, 6) is -0.104. The summed E-state index contributed by atoms with van der Waals surface area (Å²) in [5.41, 5.74) is 5.34. The molecular formula is C10H11ClF3N. The van der Waals surface area contributed by atoms with E-state index in [0.717, 1.165) is 6.07 Å². The van der Waals surface area contributed by atoms with Crippen LogP contribution in [-0.4, -0.2) is 6.04 Å². The van der Waals surface area contributed by atoms with Crippen LogP contribution in [0.5, 0.6) is 0 Å². The molecule has 0 aliphatic heterocycles. The van der Waals surface area contributed by atoms with E-state index in [4.69, 9.17) is 5.73 Å². The Morgan fingerprint density at radius 1 is 1.20 bits per heavy atom. The molecule has 0 saturated heterocycles. The lowest BCUT2D eigenvalue weighted by atomic mass is 10.0. The summed E-state index contributed by atoms with van der Waals surface area (Å²) in [6, 6.07) is 5.55. The number of rotatable bonds is 1. The number of alkyl halides is 3. The van der Waals surface area contributed by atoms with E-state index in [-0.39, 0.29) is 24.4 Å². The standard InChI is InChI=1S/C10H10F3N.ClH/c11-10(12,13)8-4-2-1-3-6(8)7-5-9(7)14;/h1-4,7,9H,5,14H2;1H/t7-,9+;/m0./s1. The highest BCUT2D eigenvalue weighted by Gasteiger charge is 2.42. The van der Waals surface area contributed by atoms with Crippen molar-refractivity contribution >= 4 is 12.4 Å². The molecule has 1 saturated carbocycles. The summed E-state index contributed by atoms with van der Waals surface area (Å²) >= 11 is 0. The Hall–Kier alpha value is -0.740. The fourth-order valence-electron chi connectivity index (χ4n) is 1.65. The second kappa shape index (κ2) is 4.02. The summed E-state index contributed by atoms with van der Waals surface area (Å²) in [7, 11) is 0. The van der Waals surface area contributed by atoms with Crippen LogP contribution in [-0.2, 0) is 6.18 Å². The van der Waals surface area contributed by atoms with Gasteiger partial charge in [0.2, 0.25) is 0 Å². The summed E-state index contributed by atoms with van der Waals surface area (Å²) in [6.07, 6.45) is -3.61. The molecule has 2 rings (SSSR count). The normalized spacial score (nSPS) is 24.5. The zero-order valence-corrected chi connectivity index (χ0v) is 8.61. The van der Waals surface area contributed by atoms with Crippen molar-refractivity contribution in [3.05, 3.63) is 35.4 Å². The average molecular weight is 238 g/mol. The third-order valence-corrected chi connectivity index (χ3v) is 2.51. The van der Waals surface area contributed by atoms with Crippen molar-refractivity contribution in [3.8, 4) is 0 Å². The zero-order chi connectivity index (χ0) is 10.3. The lowest BCUT2D eigenvalue weighted by Crippen LogP contribution is -2.10. The van der Waals surface area contributed by atoms with Gasteiger partial charge in [0.05, 0.1) is 5.56 Å². The Morgan fingerprint density at radius 2 is 1.73 bits per heavy atom. The van der Waals surface area contributed by atoms with Crippen LogP contribution < -0.4 is 5.73 Å². The number of nitrogens with two attached hydrogens (primary N) is 1. The van der Waals surface area contributed by atoms with Crippen molar-refractivity contribution in [3.63, 3.8) is 0 Å². The van der Waals surface area contributed by atoms with Crippen molar-refractivity contribution < 1.29 is 13.2 Å². The summed E-state index contributed by atoms with van der Waals surface area (Å²) in [5, 5.41) is 0. The van der Waals surface area contributed by atoms with Gasteiger partial charge in [-0.15, -0.1) is 12.4 Å². The molecule has 1 fully saturated rings.